The Morgan fingerprint density at radius 1 is 1.42 bits per heavy atom. The van der Waals surface area contributed by atoms with Crippen molar-refractivity contribution in [3.63, 3.8) is 0 Å². The number of rotatable bonds is 6. The largest absolute Gasteiger partial charge is 0.294 e. The van der Waals surface area contributed by atoms with Crippen molar-refractivity contribution < 1.29 is 4.79 Å². The summed E-state index contributed by atoms with van der Waals surface area (Å²) in [4.78, 5) is 13.9. The number of piperidine rings is 1. The lowest BCUT2D eigenvalue weighted by molar-refractivity contribution is -0.122. The number of nitrogens with zero attached hydrogens (tertiary/aromatic N) is 3. The van der Waals surface area contributed by atoms with E-state index in [4.69, 9.17) is 5.26 Å². The van der Waals surface area contributed by atoms with Crippen molar-refractivity contribution in [1.29, 1.82) is 5.26 Å². The molecule has 0 bridgehead atoms. The highest BCUT2D eigenvalue weighted by Gasteiger charge is 2.15. The van der Waals surface area contributed by atoms with Crippen molar-refractivity contribution in [1.82, 2.24) is 10.3 Å². The van der Waals surface area contributed by atoms with Crippen molar-refractivity contribution in [3.8, 4) is 6.07 Å². The minimum atomic E-state index is -0.159. The van der Waals surface area contributed by atoms with Gasteiger partial charge in [-0.1, -0.05) is 20.3 Å². The summed E-state index contributed by atoms with van der Waals surface area (Å²) in [5.74, 6) is -0.0609. The maximum absolute atomic E-state index is 11.7. The summed E-state index contributed by atoms with van der Waals surface area (Å²) < 4.78 is 0. The highest BCUT2D eigenvalue weighted by Crippen LogP contribution is 2.18. The van der Waals surface area contributed by atoms with Crippen LogP contribution in [0.25, 0.3) is 0 Å². The van der Waals surface area contributed by atoms with Crippen molar-refractivity contribution >= 4 is 12.1 Å². The van der Waals surface area contributed by atoms with Crippen molar-refractivity contribution in [2.24, 2.45) is 10.5 Å². The van der Waals surface area contributed by atoms with Crippen molar-refractivity contribution in [2.45, 2.75) is 46.0 Å². The third-order valence-electron chi connectivity index (χ3n) is 3.30. The van der Waals surface area contributed by atoms with Crippen LogP contribution in [0, 0.1) is 16.7 Å². The number of nitriles is 1. The third kappa shape index (κ3) is 6.92. The first-order valence-electron chi connectivity index (χ1n) is 6.96. The molecule has 1 rings (SSSR count). The number of hydrogen-bond donors (Lipinski definition) is 1. The van der Waals surface area contributed by atoms with E-state index in [0.717, 1.165) is 19.5 Å². The summed E-state index contributed by atoms with van der Waals surface area (Å²) in [5, 5.41) is 12.6. The Labute approximate surface area is 115 Å². The van der Waals surface area contributed by atoms with E-state index in [1.54, 1.807) is 6.21 Å². The molecule has 1 amide bonds. The van der Waals surface area contributed by atoms with E-state index in [1.165, 1.54) is 19.3 Å². The smallest absolute Gasteiger partial charge is 0.254 e. The average Bonchev–Trinajstić information content (AvgIpc) is 2.37. The van der Waals surface area contributed by atoms with Gasteiger partial charge in [0.15, 0.2) is 0 Å². The lowest BCUT2D eigenvalue weighted by Gasteiger charge is -2.25. The van der Waals surface area contributed by atoms with Crippen LogP contribution in [0.4, 0.5) is 0 Å². The second-order valence-electron chi connectivity index (χ2n) is 5.78. The number of amides is 1. The zero-order valence-corrected chi connectivity index (χ0v) is 12.0. The van der Waals surface area contributed by atoms with Crippen LogP contribution in [0.1, 0.15) is 46.0 Å². The quantitative estimate of drug-likeness (QED) is 0.588. The molecule has 0 saturated carbocycles. The number of hydrogen-bond acceptors (Lipinski definition) is 4. The molecule has 1 fully saturated rings. The Morgan fingerprint density at radius 2 is 2.11 bits per heavy atom. The normalized spacial score (nSPS) is 17.3. The van der Waals surface area contributed by atoms with Crippen LogP contribution < -0.4 is 5.43 Å². The van der Waals surface area contributed by atoms with Crippen LogP contribution in [0.15, 0.2) is 5.10 Å². The molecule has 0 aromatic carbocycles. The molecule has 1 aliphatic rings. The molecule has 0 atom stereocenters. The summed E-state index contributed by atoms with van der Waals surface area (Å²) in [6, 6.07) is 2.12. The second-order valence-corrected chi connectivity index (χ2v) is 5.78. The second kappa shape index (κ2) is 7.90. The molecule has 0 unspecified atom stereocenters. The standard InChI is InChI=1S/C14H24N4O/c1-14(2,7-6-8-15)12-16-17-13(19)11-18-9-4-3-5-10-18/h12H,3-7,9-11H2,1-2H3,(H,17,19)/b16-12-. The fourth-order valence-corrected chi connectivity index (χ4v) is 2.08. The lowest BCUT2D eigenvalue weighted by Crippen LogP contribution is -2.38. The lowest BCUT2D eigenvalue weighted by atomic mass is 9.90. The topological polar surface area (TPSA) is 68.5 Å². The first kappa shape index (κ1) is 15.6. The number of hydrazone groups is 1. The number of carbonyl (C=O) groups excluding carboxylic acids is 1. The highest BCUT2D eigenvalue weighted by atomic mass is 16.2. The molecule has 1 heterocycles. The SMILES string of the molecule is CC(C)(/C=N\NC(=O)CN1CCCCC1)CCC#N. The molecule has 1 saturated heterocycles. The molecule has 19 heavy (non-hydrogen) atoms. The molecule has 5 heteroatoms. The van der Waals surface area contributed by atoms with Crippen molar-refractivity contribution in [2.75, 3.05) is 19.6 Å². The third-order valence-corrected chi connectivity index (χ3v) is 3.30. The Balaban J connectivity index is 2.26. The molecule has 0 aromatic heterocycles. The molecule has 5 nitrogen and oxygen atoms in total. The average molecular weight is 264 g/mol. The summed E-state index contributed by atoms with van der Waals surface area (Å²) >= 11 is 0. The van der Waals surface area contributed by atoms with Crippen molar-refractivity contribution in [3.05, 3.63) is 0 Å². The molecule has 0 spiro atoms. The summed E-state index contributed by atoms with van der Waals surface area (Å²) in [6.45, 7) is 6.45. The molecule has 0 radical (unpaired) electrons. The van der Waals surface area contributed by atoms with Gasteiger partial charge in [-0.25, -0.2) is 5.43 Å². The van der Waals surface area contributed by atoms with Gasteiger partial charge in [0.2, 0.25) is 0 Å². The Bertz CT molecular complexity index is 351. The summed E-state index contributed by atoms with van der Waals surface area (Å²) in [6.07, 6.45) is 6.59. The maximum Gasteiger partial charge on any atom is 0.254 e. The minimum absolute atomic E-state index is 0.0609. The Kier molecular flexibility index (Phi) is 6.51. The number of likely N-dealkylation sites (tertiary alicyclic amines) is 1. The van der Waals surface area contributed by atoms with Crippen LogP contribution >= 0.6 is 0 Å². The molecular formula is C14H24N4O. The first-order valence-corrected chi connectivity index (χ1v) is 6.96. The van der Waals surface area contributed by atoms with Gasteiger partial charge in [0.25, 0.3) is 5.91 Å². The molecule has 0 aliphatic carbocycles. The van der Waals surface area contributed by atoms with Gasteiger partial charge in [-0.05, 0) is 32.4 Å². The van der Waals surface area contributed by atoms with Gasteiger partial charge in [0.1, 0.15) is 0 Å². The van der Waals surface area contributed by atoms with Crippen LogP contribution in [-0.4, -0.2) is 36.7 Å². The molecular weight excluding hydrogens is 240 g/mol. The van der Waals surface area contributed by atoms with E-state index in [-0.39, 0.29) is 11.3 Å². The highest BCUT2D eigenvalue weighted by molar-refractivity contribution is 5.79. The number of nitrogens with one attached hydrogen (secondary N) is 1. The van der Waals surface area contributed by atoms with Gasteiger partial charge in [-0.2, -0.15) is 10.4 Å². The Morgan fingerprint density at radius 3 is 2.74 bits per heavy atom. The molecule has 1 N–H and O–H groups in total. The van der Waals surface area contributed by atoms with E-state index >= 15 is 0 Å². The van der Waals surface area contributed by atoms with Gasteiger partial charge >= 0.3 is 0 Å². The number of carbonyl (C=O) groups is 1. The van der Waals surface area contributed by atoms with Gasteiger partial charge in [-0.3, -0.25) is 9.69 Å². The summed E-state index contributed by atoms with van der Waals surface area (Å²) in [5.41, 5.74) is 2.41. The minimum Gasteiger partial charge on any atom is -0.294 e. The first-order chi connectivity index (χ1) is 9.03. The van der Waals surface area contributed by atoms with Crippen LogP contribution in [-0.2, 0) is 4.79 Å². The monoisotopic (exact) mass is 264 g/mol. The van der Waals surface area contributed by atoms with Gasteiger partial charge in [0.05, 0.1) is 12.6 Å². The fourth-order valence-electron chi connectivity index (χ4n) is 2.08. The predicted octanol–water partition coefficient (Wildman–Crippen LogP) is 1.90. The van der Waals surface area contributed by atoms with Gasteiger partial charge in [0, 0.05) is 18.1 Å². The van der Waals surface area contributed by atoms with E-state index in [9.17, 15) is 4.79 Å². The van der Waals surface area contributed by atoms with Crippen LogP contribution in [0.3, 0.4) is 0 Å². The summed E-state index contributed by atoms with van der Waals surface area (Å²) in [7, 11) is 0. The Hall–Kier alpha value is -1.41. The molecule has 0 aromatic rings. The van der Waals surface area contributed by atoms with E-state index in [1.807, 2.05) is 13.8 Å². The fraction of sp³-hybridized carbons (Fsp3) is 0.786. The van der Waals surface area contributed by atoms with E-state index in [0.29, 0.717) is 13.0 Å². The molecule has 1 aliphatic heterocycles. The van der Waals surface area contributed by atoms with Crippen LogP contribution in [0.5, 0.6) is 0 Å². The van der Waals surface area contributed by atoms with Gasteiger partial charge in [-0.15, -0.1) is 0 Å². The predicted molar refractivity (Wildman–Crippen MR) is 75.6 cm³/mol. The van der Waals surface area contributed by atoms with Crippen LogP contribution in [0.2, 0.25) is 0 Å². The van der Waals surface area contributed by atoms with E-state index < -0.39 is 0 Å². The zero-order valence-electron chi connectivity index (χ0n) is 12.0. The zero-order chi connectivity index (χ0) is 14.1. The molecule has 106 valence electrons. The van der Waals surface area contributed by atoms with Gasteiger partial charge < -0.3 is 0 Å². The van der Waals surface area contributed by atoms with E-state index in [2.05, 4.69) is 21.5 Å². The maximum atomic E-state index is 11.7.